The maximum absolute atomic E-state index is 12.7. The summed E-state index contributed by atoms with van der Waals surface area (Å²) in [6.07, 6.45) is 6.78. The Morgan fingerprint density at radius 3 is 1.34 bits per heavy atom. The van der Waals surface area contributed by atoms with E-state index in [1.54, 1.807) is 66.3 Å². The molecule has 3 N–H and O–H groups in total. The number of nitrogens with zero attached hydrogens (tertiary/aromatic N) is 4. The number of nitrogens with one attached hydrogen (secondary N) is 1. The predicted octanol–water partition coefficient (Wildman–Crippen LogP) is 7.80. The molecular formula is C39H48Br2N6O6. The van der Waals surface area contributed by atoms with E-state index in [2.05, 4.69) is 57.1 Å². The SMILES string of the molecule is CC(C)(C)OC(=O)N[C@@H](Cc1ccc(-c2ncc(Br)cn2)cc1)C(=O)OC(C)(C)C.CC(C)(C)OC(=O)[C@@H](N)Cc1ccc(-c2ncc(Br)cn2)cc1. The molecule has 14 heteroatoms. The lowest BCUT2D eigenvalue weighted by Gasteiger charge is -2.26. The Morgan fingerprint density at radius 2 is 0.962 bits per heavy atom. The highest BCUT2D eigenvalue weighted by Gasteiger charge is 2.29. The van der Waals surface area contributed by atoms with Crippen molar-refractivity contribution in [2.45, 2.75) is 104 Å². The van der Waals surface area contributed by atoms with Gasteiger partial charge >= 0.3 is 18.0 Å². The van der Waals surface area contributed by atoms with E-state index in [-0.39, 0.29) is 6.42 Å². The number of amides is 1. The molecule has 1 amide bonds. The van der Waals surface area contributed by atoms with Crippen molar-refractivity contribution in [1.82, 2.24) is 25.3 Å². The van der Waals surface area contributed by atoms with Crippen LogP contribution in [0.2, 0.25) is 0 Å². The second-order valence-electron chi connectivity index (χ2n) is 15.1. The van der Waals surface area contributed by atoms with E-state index in [9.17, 15) is 14.4 Å². The van der Waals surface area contributed by atoms with E-state index in [0.29, 0.717) is 18.1 Å². The molecule has 0 saturated carbocycles. The summed E-state index contributed by atoms with van der Waals surface area (Å²) in [7, 11) is 0. The van der Waals surface area contributed by atoms with Gasteiger partial charge in [0.2, 0.25) is 0 Å². The molecule has 0 aliphatic carbocycles. The molecule has 284 valence electrons. The van der Waals surface area contributed by atoms with Gasteiger partial charge in [-0.2, -0.15) is 0 Å². The van der Waals surface area contributed by atoms with Crippen LogP contribution in [0.4, 0.5) is 4.79 Å². The summed E-state index contributed by atoms with van der Waals surface area (Å²) in [5, 5.41) is 2.63. The van der Waals surface area contributed by atoms with Gasteiger partial charge < -0.3 is 25.3 Å². The third kappa shape index (κ3) is 16.1. The number of benzene rings is 2. The predicted molar refractivity (Wildman–Crippen MR) is 211 cm³/mol. The number of carbonyl (C=O) groups excluding carboxylic acids is 3. The quantitative estimate of drug-likeness (QED) is 0.125. The van der Waals surface area contributed by atoms with E-state index >= 15 is 0 Å². The van der Waals surface area contributed by atoms with E-state index in [0.717, 1.165) is 31.2 Å². The molecule has 12 nitrogen and oxygen atoms in total. The maximum Gasteiger partial charge on any atom is 0.408 e. The molecule has 2 aromatic carbocycles. The number of hydrogen-bond acceptors (Lipinski definition) is 11. The molecule has 0 radical (unpaired) electrons. The van der Waals surface area contributed by atoms with Crippen molar-refractivity contribution in [3.05, 3.63) is 93.4 Å². The van der Waals surface area contributed by atoms with Gasteiger partial charge in [0.1, 0.15) is 28.9 Å². The van der Waals surface area contributed by atoms with E-state index in [1.807, 2.05) is 69.3 Å². The van der Waals surface area contributed by atoms with Crippen LogP contribution in [0, 0.1) is 0 Å². The summed E-state index contributed by atoms with van der Waals surface area (Å²) in [5.74, 6) is 0.336. The minimum Gasteiger partial charge on any atom is -0.459 e. The number of nitrogens with two attached hydrogens (primary N) is 1. The highest BCUT2D eigenvalue weighted by molar-refractivity contribution is 9.10. The average Bonchev–Trinajstić information content (AvgIpc) is 3.04. The molecule has 0 aliphatic rings. The second-order valence-corrected chi connectivity index (χ2v) is 17.0. The summed E-state index contributed by atoms with van der Waals surface area (Å²) in [6.45, 7) is 16.1. The first kappa shape index (κ1) is 43.1. The molecule has 0 spiro atoms. The zero-order chi connectivity index (χ0) is 39.6. The fourth-order valence-electron chi connectivity index (χ4n) is 4.47. The molecule has 0 fully saturated rings. The van der Waals surface area contributed by atoms with E-state index < -0.39 is 46.9 Å². The zero-order valence-electron chi connectivity index (χ0n) is 31.6. The van der Waals surface area contributed by atoms with E-state index in [1.165, 1.54) is 0 Å². The Morgan fingerprint density at radius 1 is 0.604 bits per heavy atom. The smallest absolute Gasteiger partial charge is 0.408 e. The second kappa shape index (κ2) is 18.7. The molecule has 2 atom stereocenters. The molecule has 4 aromatic rings. The van der Waals surface area contributed by atoms with Gasteiger partial charge in [0.25, 0.3) is 0 Å². The summed E-state index contributed by atoms with van der Waals surface area (Å²) in [5.41, 5.74) is 7.61. The first-order valence-corrected chi connectivity index (χ1v) is 18.5. The van der Waals surface area contributed by atoms with Crippen LogP contribution >= 0.6 is 31.9 Å². The van der Waals surface area contributed by atoms with Gasteiger partial charge in [-0.25, -0.2) is 29.5 Å². The number of halogens is 2. The summed E-state index contributed by atoms with van der Waals surface area (Å²) < 4.78 is 17.7. The van der Waals surface area contributed by atoms with Crippen LogP contribution in [0.3, 0.4) is 0 Å². The highest BCUT2D eigenvalue weighted by atomic mass is 79.9. The number of alkyl carbamates (subject to hydrolysis) is 1. The molecule has 4 rings (SSSR count). The molecule has 0 saturated heterocycles. The maximum atomic E-state index is 12.7. The van der Waals surface area contributed by atoms with Crippen LogP contribution < -0.4 is 11.1 Å². The van der Waals surface area contributed by atoms with Gasteiger partial charge in [-0.05, 0) is 112 Å². The van der Waals surface area contributed by atoms with Gasteiger partial charge in [-0.1, -0.05) is 48.5 Å². The van der Waals surface area contributed by atoms with Crippen LogP contribution in [-0.2, 0) is 36.6 Å². The minimum atomic E-state index is -0.881. The largest absolute Gasteiger partial charge is 0.459 e. The van der Waals surface area contributed by atoms with Gasteiger partial charge in [0.05, 0.1) is 8.95 Å². The van der Waals surface area contributed by atoms with Crippen LogP contribution in [0.15, 0.2) is 82.3 Å². The van der Waals surface area contributed by atoms with Crippen molar-refractivity contribution in [3.8, 4) is 22.8 Å². The Labute approximate surface area is 328 Å². The number of ether oxygens (including phenoxy) is 3. The first-order valence-electron chi connectivity index (χ1n) is 16.9. The molecule has 0 aliphatic heterocycles. The van der Waals surface area contributed by atoms with Gasteiger partial charge in [0, 0.05) is 42.3 Å². The minimum absolute atomic E-state index is 0.260. The lowest BCUT2D eigenvalue weighted by Crippen LogP contribution is -2.47. The van der Waals surface area contributed by atoms with Gasteiger partial charge in [-0.15, -0.1) is 0 Å². The first-order chi connectivity index (χ1) is 24.6. The van der Waals surface area contributed by atoms with Crippen molar-refractivity contribution in [3.63, 3.8) is 0 Å². The topological polar surface area (TPSA) is 169 Å². The number of carbonyl (C=O) groups is 3. The van der Waals surface area contributed by atoms with Crippen LogP contribution in [-0.4, -0.2) is 66.9 Å². The molecule has 53 heavy (non-hydrogen) atoms. The summed E-state index contributed by atoms with van der Waals surface area (Å²) in [4.78, 5) is 53.9. The van der Waals surface area contributed by atoms with Crippen molar-refractivity contribution < 1.29 is 28.6 Å². The van der Waals surface area contributed by atoms with Gasteiger partial charge in [0.15, 0.2) is 11.6 Å². The average molecular weight is 857 g/mol. The van der Waals surface area contributed by atoms with Crippen LogP contribution in [0.1, 0.15) is 73.4 Å². The fourth-order valence-corrected chi connectivity index (χ4v) is 4.88. The lowest BCUT2D eigenvalue weighted by atomic mass is 10.0. The molecule has 0 unspecified atom stereocenters. The van der Waals surface area contributed by atoms with E-state index in [4.69, 9.17) is 19.9 Å². The monoisotopic (exact) mass is 854 g/mol. The fraction of sp³-hybridized carbons (Fsp3) is 0.410. The Hall–Kier alpha value is -4.27. The Bertz CT molecular complexity index is 1800. The zero-order valence-corrected chi connectivity index (χ0v) is 34.7. The van der Waals surface area contributed by atoms with Crippen molar-refractivity contribution >= 4 is 49.9 Å². The van der Waals surface area contributed by atoms with Gasteiger partial charge in [-0.3, -0.25) is 4.79 Å². The van der Waals surface area contributed by atoms with Crippen molar-refractivity contribution in [1.29, 1.82) is 0 Å². The van der Waals surface area contributed by atoms with Crippen LogP contribution in [0.25, 0.3) is 22.8 Å². The summed E-state index contributed by atoms with van der Waals surface area (Å²) in [6, 6.07) is 13.6. The third-order valence-corrected chi connectivity index (χ3v) is 7.47. The molecule has 2 heterocycles. The molecule has 0 bridgehead atoms. The standard InChI is InChI=1S/C22H28BrN3O4.C17H20BrN3O2/c1-21(2,3)29-19(27)17(26-20(28)30-22(4,5)6)11-14-7-9-15(10-8-14)18-24-12-16(23)13-25-18;1-17(2,3)23-16(22)14(19)8-11-4-6-12(7-5-11)15-20-9-13(18)10-21-15/h7-10,12-13,17H,11H2,1-6H3,(H,26,28);4-7,9-10,14H,8,19H2,1-3H3/t17-;14-/m00/s1. The third-order valence-electron chi connectivity index (χ3n) is 6.65. The molecule has 2 aromatic heterocycles. The Kier molecular flexibility index (Phi) is 15.2. The number of aromatic nitrogens is 4. The lowest BCUT2D eigenvalue weighted by molar-refractivity contribution is -0.158. The van der Waals surface area contributed by atoms with Crippen LogP contribution in [0.5, 0.6) is 0 Å². The summed E-state index contributed by atoms with van der Waals surface area (Å²) >= 11 is 6.62. The molecular weight excluding hydrogens is 808 g/mol. The number of esters is 2. The highest BCUT2D eigenvalue weighted by Crippen LogP contribution is 2.20. The number of rotatable bonds is 9. The van der Waals surface area contributed by atoms with Crippen molar-refractivity contribution in [2.24, 2.45) is 5.73 Å². The Balaban J connectivity index is 0.000000295. The normalized spacial score (nSPS) is 12.8. The van der Waals surface area contributed by atoms with Crippen molar-refractivity contribution in [2.75, 3.05) is 0 Å². The number of hydrogen-bond donors (Lipinski definition) is 2.